The summed E-state index contributed by atoms with van der Waals surface area (Å²) in [6.07, 6.45) is -3.41. The number of carbonyl (C=O) groups excluding carboxylic acids is 1. The van der Waals surface area contributed by atoms with Gasteiger partial charge < -0.3 is 19.1 Å². The van der Waals surface area contributed by atoms with Crippen LogP contribution in [0.5, 0.6) is 5.75 Å². The van der Waals surface area contributed by atoms with Crippen LogP contribution in [-0.4, -0.2) is 56.1 Å². The van der Waals surface area contributed by atoms with Crippen LogP contribution in [0, 0.1) is 0 Å². The molecule has 1 N–H and O–H groups in total. The van der Waals surface area contributed by atoms with Crippen LogP contribution < -0.4 is 4.74 Å². The smallest absolute Gasteiger partial charge is 0.406 e. The third-order valence-corrected chi connectivity index (χ3v) is 4.88. The van der Waals surface area contributed by atoms with E-state index in [0.29, 0.717) is 19.6 Å². The fourth-order valence-electron chi connectivity index (χ4n) is 2.81. The number of hydrogen-bond acceptors (Lipinski definition) is 4. The predicted octanol–water partition coefficient (Wildman–Crippen LogP) is 3.10. The summed E-state index contributed by atoms with van der Waals surface area (Å²) in [6, 6.07) is 6.14. The standard InChI is InChI=1S/C17H16F3N3O4S/c1-22-6-7-23(16(22)24)10-11-2-4-14(21-9-11)13-8-12(27-17(18,19)20)3-5-15(13)28(25)26/h2-5,8-9H,6-7,10H2,1H3,(H,25,26). The number of pyridine rings is 1. The molecule has 0 radical (unpaired) electrons. The van der Waals surface area contributed by atoms with Gasteiger partial charge in [-0.05, 0) is 29.8 Å². The summed E-state index contributed by atoms with van der Waals surface area (Å²) < 4.78 is 62.2. The highest BCUT2D eigenvalue weighted by Gasteiger charge is 2.31. The highest BCUT2D eigenvalue weighted by molar-refractivity contribution is 7.79. The van der Waals surface area contributed by atoms with Gasteiger partial charge in [-0.15, -0.1) is 13.2 Å². The van der Waals surface area contributed by atoms with Crippen molar-refractivity contribution in [3.63, 3.8) is 0 Å². The summed E-state index contributed by atoms with van der Waals surface area (Å²) in [5.41, 5.74) is 0.978. The van der Waals surface area contributed by atoms with Gasteiger partial charge >= 0.3 is 12.4 Å². The molecule has 2 aromatic rings. The van der Waals surface area contributed by atoms with Crippen molar-refractivity contribution < 1.29 is 31.5 Å². The van der Waals surface area contributed by atoms with E-state index in [2.05, 4.69) is 9.72 Å². The SMILES string of the molecule is CN1CCN(Cc2ccc(-c3cc(OC(F)(F)F)ccc3S(=O)O)nc2)C1=O. The maximum atomic E-state index is 12.5. The normalized spacial score (nSPS) is 15.8. The van der Waals surface area contributed by atoms with E-state index in [4.69, 9.17) is 0 Å². The number of halogens is 3. The summed E-state index contributed by atoms with van der Waals surface area (Å²) in [7, 11) is 1.70. The number of amides is 2. The first-order valence-electron chi connectivity index (χ1n) is 8.10. The Morgan fingerprint density at radius 2 is 2.00 bits per heavy atom. The Morgan fingerprint density at radius 1 is 1.25 bits per heavy atom. The molecule has 1 aromatic heterocycles. The lowest BCUT2D eigenvalue weighted by Crippen LogP contribution is -2.28. The average Bonchev–Trinajstić information content (AvgIpc) is 2.93. The summed E-state index contributed by atoms with van der Waals surface area (Å²) >= 11 is -2.43. The van der Waals surface area contributed by atoms with Gasteiger partial charge in [0.15, 0.2) is 11.1 Å². The molecular weight excluding hydrogens is 399 g/mol. The van der Waals surface area contributed by atoms with Gasteiger partial charge in [0.05, 0.1) is 10.6 Å². The van der Waals surface area contributed by atoms with Crippen molar-refractivity contribution in [1.82, 2.24) is 14.8 Å². The summed E-state index contributed by atoms with van der Waals surface area (Å²) in [6.45, 7) is 1.55. The molecule has 1 aliphatic heterocycles. The Morgan fingerprint density at radius 3 is 2.54 bits per heavy atom. The molecule has 1 unspecified atom stereocenters. The molecule has 1 atom stereocenters. The van der Waals surface area contributed by atoms with Crippen molar-refractivity contribution in [2.75, 3.05) is 20.1 Å². The quantitative estimate of drug-likeness (QED) is 0.759. The van der Waals surface area contributed by atoms with E-state index in [9.17, 15) is 26.7 Å². The monoisotopic (exact) mass is 415 g/mol. The first kappa shape index (κ1) is 20.1. The lowest BCUT2D eigenvalue weighted by Gasteiger charge is -2.16. The zero-order chi connectivity index (χ0) is 20.5. The number of hydrogen-bond donors (Lipinski definition) is 1. The van der Waals surface area contributed by atoms with Crippen LogP contribution in [0.1, 0.15) is 5.56 Å². The molecule has 1 aromatic carbocycles. The van der Waals surface area contributed by atoms with Crippen molar-refractivity contribution in [2.45, 2.75) is 17.8 Å². The molecule has 0 spiro atoms. The number of likely N-dealkylation sites (N-methyl/N-ethyl adjacent to an activating group) is 1. The van der Waals surface area contributed by atoms with E-state index < -0.39 is 23.2 Å². The Kier molecular flexibility index (Phi) is 5.57. The van der Waals surface area contributed by atoms with Crippen molar-refractivity contribution >= 4 is 17.1 Å². The van der Waals surface area contributed by atoms with Gasteiger partial charge in [-0.3, -0.25) is 4.98 Å². The van der Waals surface area contributed by atoms with E-state index in [1.54, 1.807) is 22.9 Å². The lowest BCUT2D eigenvalue weighted by atomic mass is 10.1. The summed E-state index contributed by atoms with van der Waals surface area (Å²) in [4.78, 5) is 19.3. The number of ether oxygens (including phenoxy) is 1. The van der Waals surface area contributed by atoms with Gasteiger partial charge in [0.2, 0.25) is 0 Å². The predicted molar refractivity (Wildman–Crippen MR) is 93.8 cm³/mol. The van der Waals surface area contributed by atoms with Crippen LogP contribution in [-0.2, 0) is 17.6 Å². The molecule has 2 heterocycles. The molecule has 0 bridgehead atoms. The molecular formula is C17H16F3N3O4S. The van der Waals surface area contributed by atoms with Gasteiger partial charge in [0.1, 0.15) is 5.75 Å². The van der Waals surface area contributed by atoms with Crippen LogP contribution >= 0.6 is 0 Å². The van der Waals surface area contributed by atoms with Gasteiger partial charge in [-0.25, -0.2) is 9.00 Å². The topological polar surface area (TPSA) is 83.0 Å². The number of alkyl halides is 3. The van der Waals surface area contributed by atoms with Crippen LogP contribution in [0.3, 0.4) is 0 Å². The van der Waals surface area contributed by atoms with Crippen molar-refractivity contribution in [3.05, 3.63) is 42.1 Å². The maximum absolute atomic E-state index is 12.5. The molecule has 1 saturated heterocycles. The van der Waals surface area contributed by atoms with E-state index in [-0.39, 0.29) is 22.2 Å². The fraction of sp³-hybridized carbons (Fsp3) is 0.294. The first-order valence-corrected chi connectivity index (χ1v) is 9.21. The molecule has 0 saturated carbocycles. The molecule has 28 heavy (non-hydrogen) atoms. The Bertz CT molecular complexity index is 906. The van der Waals surface area contributed by atoms with Gasteiger partial charge in [-0.2, -0.15) is 0 Å². The van der Waals surface area contributed by atoms with E-state index >= 15 is 0 Å². The molecule has 1 aliphatic rings. The number of urea groups is 1. The van der Waals surface area contributed by atoms with Crippen LogP contribution in [0.15, 0.2) is 41.4 Å². The minimum atomic E-state index is -4.89. The van der Waals surface area contributed by atoms with Crippen molar-refractivity contribution in [2.24, 2.45) is 0 Å². The van der Waals surface area contributed by atoms with Crippen LogP contribution in [0.4, 0.5) is 18.0 Å². The molecule has 2 amide bonds. The van der Waals surface area contributed by atoms with Gasteiger partial charge in [0, 0.05) is 38.4 Å². The van der Waals surface area contributed by atoms with Crippen LogP contribution in [0.2, 0.25) is 0 Å². The van der Waals surface area contributed by atoms with Gasteiger partial charge in [0.25, 0.3) is 0 Å². The average molecular weight is 415 g/mol. The largest absolute Gasteiger partial charge is 0.573 e. The molecule has 3 rings (SSSR count). The van der Waals surface area contributed by atoms with Crippen molar-refractivity contribution in [3.8, 4) is 17.0 Å². The molecule has 1 fully saturated rings. The number of benzene rings is 1. The second-order valence-corrected chi connectivity index (χ2v) is 7.07. The number of nitrogens with zero attached hydrogens (tertiary/aromatic N) is 3. The van der Waals surface area contributed by atoms with E-state index in [1.165, 1.54) is 12.3 Å². The second-order valence-electron chi connectivity index (χ2n) is 6.13. The third kappa shape index (κ3) is 4.60. The lowest BCUT2D eigenvalue weighted by molar-refractivity contribution is -0.274. The Labute approximate surface area is 161 Å². The first-order chi connectivity index (χ1) is 13.1. The highest BCUT2D eigenvalue weighted by Crippen LogP contribution is 2.31. The summed E-state index contributed by atoms with van der Waals surface area (Å²) in [5, 5.41) is 0. The highest BCUT2D eigenvalue weighted by atomic mass is 32.2. The number of rotatable bonds is 5. The minimum Gasteiger partial charge on any atom is -0.406 e. The third-order valence-electron chi connectivity index (χ3n) is 4.15. The van der Waals surface area contributed by atoms with Gasteiger partial charge in [-0.1, -0.05) is 6.07 Å². The second kappa shape index (κ2) is 7.76. The molecule has 7 nitrogen and oxygen atoms in total. The summed E-state index contributed by atoms with van der Waals surface area (Å²) in [5.74, 6) is -0.520. The molecule has 0 aliphatic carbocycles. The van der Waals surface area contributed by atoms with Crippen LogP contribution in [0.25, 0.3) is 11.3 Å². The fourth-order valence-corrected chi connectivity index (χ4v) is 3.34. The number of aromatic nitrogens is 1. The zero-order valence-electron chi connectivity index (χ0n) is 14.6. The Hall–Kier alpha value is -2.66. The Balaban J connectivity index is 1.86. The zero-order valence-corrected chi connectivity index (χ0v) is 15.5. The molecule has 150 valence electrons. The van der Waals surface area contributed by atoms with E-state index in [1.807, 2.05) is 0 Å². The van der Waals surface area contributed by atoms with Crippen molar-refractivity contribution in [1.29, 1.82) is 0 Å². The van der Waals surface area contributed by atoms with E-state index in [0.717, 1.165) is 23.8 Å². The number of carbonyl (C=O) groups is 1. The maximum Gasteiger partial charge on any atom is 0.573 e. The minimum absolute atomic E-state index is 0.0473. The molecule has 11 heteroatoms.